The highest BCUT2D eigenvalue weighted by Gasteiger charge is 2.41. The summed E-state index contributed by atoms with van der Waals surface area (Å²) < 4.78 is 29.7. The van der Waals surface area contributed by atoms with Crippen LogP contribution < -0.4 is 5.32 Å². The topological polar surface area (TPSA) is 78.2 Å². The van der Waals surface area contributed by atoms with Crippen LogP contribution in [0.3, 0.4) is 0 Å². The van der Waals surface area contributed by atoms with Gasteiger partial charge >= 0.3 is 0 Å². The number of piperidine rings is 1. The van der Waals surface area contributed by atoms with Crippen LogP contribution in [0, 0.1) is 0 Å². The second kappa shape index (κ2) is 10.5. The van der Waals surface area contributed by atoms with Gasteiger partial charge in [0.2, 0.25) is 0 Å². The molecule has 0 amide bonds. The molecule has 0 aromatic carbocycles. The van der Waals surface area contributed by atoms with E-state index in [-0.39, 0.29) is 35.8 Å². The van der Waals surface area contributed by atoms with Crippen molar-refractivity contribution in [2.75, 3.05) is 45.0 Å². The number of furan rings is 1. The van der Waals surface area contributed by atoms with Crippen molar-refractivity contribution in [3.05, 3.63) is 24.2 Å². The Morgan fingerprint density at radius 1 is 1.28 bits per heavy atom. The Labute approximate surface area is 192 Å². The lowest BCUT2D eigenvalue weighted by atomic mass is 10.1. The molecule has 0 radical (unpaired) electrons. The molecular weight excluding hydrogens is 503 g/mol. The summed E-state index contributed by atoms with van der Waals surface area (Å²) in [5, 5.41) is 3.35. The number of rotatable bonds is 5. The maximum absolute atomic E-state index is 12.4. The van der Waals surface area contributed by atoms with Crippen molar-refractivity contribution in [1.29, 1.82) is 0 Å². The molecule has 1 N–H and O–H groups in total. The zero-order valence-corrected chi connectivity index (χ0v) is 20.9. The number of nitrogens with one attached hydrogen (secondary N) is 1. The largest absolute Gasteiger partial charge is 0.468 e. The molecular formula is C20H35IN4O3S. The Hall–Kier alpha value is -0.810. The number of aliphatic imine (C=N–C) groups is 1. The van der Waals surface area contributed by atoms with Crippen LogP contribution in [0.4, 0.5) is 0 Å². The van der Waals surface area contributed by atoms with Crippen LogP contribution in [0.2, 0.25) is 0 Å². The molecule has 0 aliphatic carbocycles. The smallest absolute Gasteiger partial charge is 0.194 e. The highest BCUT2D eigenvalue weighted by Crippen LogP contribution is 2.27. The summed E-state index contributed by atoms with van der Waals surface area (Å²) in [5.74, 6) is 1.90. The third kappa shape index (κ3) is 5.88. The van der Waals surface area contributed by atoms with Crippen LogP contribution in [0.5, 0.6) is 0 Å². The summed E-state index contributed by atoms with van der Waals surface area (Å²) in [7, 11) is -3.07. The van der Waals surface area contributed by atoms with E-state index < -0.39 is 14.6 Å². The maximum Gasteiger partial charge on any atom is 0.194 e. The lowest BCUT2D eigenvalue weighted by Gasteiger charge is -2.39. The Morgan fingerprint density at radius 2 is 2.00 bits per heavy atom. The van der Waals surface area contributed by atoms with Gasteiger partial charge in [-0.15, -0.1) is 24.0 Å². The molecule has 3 rings (SSSR count). The first-order valence-electron chi connectivity index (χ1n) is 10.4. The first-order valence-corrected chi connectivity index (χ1v) is 12.0. The first-order chi connectivity index (χ1) is 13.3. The zero-order valence-electron chi connectivity index (χ0n) is 17.8. The lowest BCUT2D eigenvalue weighted by Crippen LogP contribution is -2.57. The van der Waals surface area contributed by atoms with Gasteiger partial charge in [0.25, 0.3) is 0 Å². The van der Waals surface area contributed by atoms with Crippen molar-refractivity contribution >= 4 is 39.8 Å². The van der Waals surface area contributed by atoms with Gasteiger partial charge in [0, 0.05) is 19.6 Å². The van der Waals surface area contributed by atoms with Gasteiger partial charge in [0.05, 0.1) is 29.3 Å². The summed E-state index contributed by atoms with van der Waals surface area (Å²) in [6, 6.07) is 4.07. The highest BCUT2D eigenvalue weighted by molar-refractivity contribution is 14.0. The second-order valence-corrected chi connectivity index (χ2v) is 11.1. The quantitative estimate of drug-likeness (QED) is 0.353. The van der Waals surface area contributed by atoms with Gasteiger partial charge in [0.15, 0.2) is 15.8 Å². The summed E-state index contributed by atoms with van der Waals surface area (Å²) in [6.07, 6.45) is 5.42. The van der Waals surface area contributed by atoms with Crippen molar-refractivity contribution in [3.8, 4) is 0 Å². The molecule has 0 bridgehead atoms. The summed E-state index contributed by atoms with van der Waals surface area (Å²) in [6.45, 7) is 10.0. The van der Waals surface area contributed by atoms with Crippen molar-refractivity contribution in [3.63, 3.8) is 0 Å². The van der Waals surface area contributed by atoms with E-state index in [1.54, 1.807) is 20.1 Å². The van der Waals surface area contributed by atoms with E-state index in [0.717, 1.165) is 31.4 Å². The third-order valence-electron chi connectivity index (χ3n) is 5.79. The number of likely N-dealkylation sites (tertiary alicyclic amines) is 1. The van der Waals surface area contributed by atoms with Crippen LogP contribution in [-0.2, 0) is 9.84 Å². The molecule has 2 aliphatic rings. The fraction of sp³-hybridized carbons (Fsp3) is 0.750. The number of halogens is 1. The molecule has 1 aromatic heterocycles. The van der Waals surface area contributed by atoms with Gasteiger partial charge in [-0.2, -0.15) is 0 Å². The average Bonchev–Trinajstić information content (AvgIpc) is 3.19. The highest BCUT2D eigenvalue weighted by atomic mass is 127. The monoisotopic (exact) mass is 538 g/mol. The lowest BCUT2D eigenvalue weighted by molar-refractivity contribution is 0.150. The van der Waals surface area contributed by atoms with E-state index in [9.17, 15) is 8.42 Å². The molecule has 0 spiro atoms. The molecule has 1 aromatic rings. The van der Waals surface area contributed by atoms with E-state index in [2.05, 4.69) is 15.1 Å². The van der Waals surface area contributed by atoms with Gasteiger partial charge in [-0.3, -0.25) is 9.89 Å². The Kier molecular flexibility index (Phi) is 8.84. The molecule has 29 heavy (non-hydrogen) atoms. The second-order valence-electron chi connectivity index (χ2n) is 8.32. The SMILES string of the molecule is CCNC(=NCC(c1ccco1)N1CCCCC1)N1CCS(=O)(=O)C(C)(C)C1.I. The molecule has 7 nitrogen and oxygen atoms in total. The van der Waals surface area contributed by atoms with Crippen molar-refractivity contribution in [2.45, 2.75) is 50.8 Å². The standard InChI is InChI=1S/C20H34N4O3S.HI/c1-4-21-19(24-12-14-28(25,26)20(2,3)16-24)22-15-17(18-9-8-13-27-18)23-10-6-5-7-11-23;/h8-9,13,17H,4-7,10-12,14-16H2,1-3H3,(H,21,22);1H. The fourth-order valence-electron chi connectivity index (χ4n) is 4.02. The predicted molar refractivity (Wildman–Crippen MR) is 128 cm³/mol. The summed E-state index contributed by atoms with van der Waals surface area (Å²) >= 11 is 0. The van der Waals surface area contributed by atoms with Crippen molar-refractivity contribution in [1.82, 2.24) is 15.1 Å². The van der Waals surface area contributed by atoms with E-state index in [1.807, 2.05) is 19.1 Å². The van der Waals surface area contributed by atoms with Crippen LogP contribution >= 0.6 is 24.0 Å². The minimum absolute atomic E-state index is 0. The van der Waals surface area contributed by atoms with Crippen LogP contribution in [-0.4, -0.2) is 73.9 Å². The Morgan fingerprint density at radius 3 is 2.59 bits per heavy atom. The number of hydrogen-bond acceptors (Lipinski definition) is 5. The molecule has 1 atom stereocenters. The predicted octanol–water partition coefficient (Wildman–Crippen LogP) is 2.90. The minimum Gasteiger partial charge on any atom is -0.468 e. The maximum atomic E-state index is 12.4. The minimum atomic E-state index is -3.07. The average molecular weight is 538 g/mol. The summed E-state index contributed by atoms with van der Waals surface area (Å²) in [4.78, 5) is 9.46. The van der Waals surface area contributed by atoms with E-state index >= 15 is 0 Å². The number of hydrogen-bond donors (Lipinski definition) is 1. The van der Waals surface area contributed by atoms with Crippen molar-refractivity contribution in [2.24, 2.45) is 4.99 Å². The molecule has 2 saturated heterocycles. The molecule has 0 saturated carbocycles. The molecule has 1 unspecified atom stereocenters. The van der Waals surface area contributed by atoms with Crippen molar-refractivity contribution < 1.29 is 12.8 Å². The first kappa shape index (κ1) is 24.5. The molecule has 2 fully saturated rings. The van der Waals surface area contributed by atoms with E-state index in [4.69, 9.17) is 9.41 Å². The zero-order chi connectivity index (χ0) is 20.2. The van der Waals surface area contributed by atoms with Crippen LogP contribution in [0.1, 0.15) is 51.8 Å². The molecule has 2 aliphatic heterocycles. The van der Waals surface area contributed by atoms with Crippen LogP contribution in [0.15, 0.2) is 27.8 Å². The third-order valence-corrected chi connectivity index (χ3v) is 8.33. The Bertz CT molecular complexity index is 759. The van der Waals surface area contributed by atoms with Gasteiger partial charge < -0.3 is 14.6 Å². The number of guanidine groups is 1. The fourth-order valence-corrected chi connectivity index (χ4v) is 5.39. The summed E-state index contributed by atoms with van der Waals surface area (Å²) in [5.41, 5.74) is 0. The van der Waals surface area contributed by atoms with Crippen LogP contribution in [0.25, 0.3) is 0 Å². The molecule has 166 valence electrons. The molecule has 3 heterocycles. The molecule has 9 heteroatoms. The number of sulfone groups is 1. The Balaban J connectivity index is 0.00000300. The van der Waals surface area contributed by atoms with Gasteiger partial charge in [-0.05, 0) is 58.8 Å². The number of nitrogens with zero attached hydrogens (tertiary/aromatic N) is 3. The van der Waals surface area contributed by atoms with E-state index in [1.165, 1.54) is 19.3 Å². The van der Waals surface area contributed by atoms with Gasteiger partial charge in [-0.25, -0.2) is 8.42 Å². The normalized spacial score (nSPS) is 23.3. The van der Waals surface area contributed by atoms with Gasteiger partial charge in [-0.1, -0.05) is 6.42 Å². The van der Waals surface area contributed by atoms with E-state index in [0.29, 0.717) is 19.6 Å². The van der Waals surface area contributed by atoms with Gasteiger partial charge in [0.1, 0.15) is 5.76 Å².